The molecule has 2 saturated carbocycles. The van der Waals surface area contributed by atoms with Crippen molar-refractivity contribution in [3.05, 3.63) is 0 Å². The topological polar surface area (TPSA) is 32.3 Å². The minimum absolute atomic E-state index is 0.0104. The van der Waals surface area contributed by atoms with Crippen LogP contribution in [0.25, 0.3) is 0 Å². The van der Waals surface area contributed by atoms with Crippen LogP contribution in [0.2, 0.25) is 0 Å². The fourth-order valence-corrected chi connectivity index (χ4v) is 3.26. The molecule has 0 amide bonds. The summed E-state index contributed by atoms with van der Waals surface area (Å²) in [4.78, 5) is 0. The Morgan fingerprint density at radius 3 is 2.80 bits per heavy atom. The van der Waals surface area contributed by atoms with Crippen LogP contribution in [0, 0.1) is 17.8 Å². The first-order valence-corrected chi connectivity index (χ1v) is 4.28. The third kappa shape index (κ3) is 0.453. The molecule has 2 nitrogen and oxygen atoms in total. The third-order valence-corrected chi connectivity index (χ3v) is 3.71. The number of nitrogens with one attached hydrogen (secondary N) is 1. The van der Waals surface area contributed by atoms with Crippen molar-refractivity contribution in [3.63, 3.8) is 0 Å². The Bertz CT molecular complexity index is 169. The van der Waals surface area contributed by atoms with E-state index in [2.05, 4.69) is 5.32 Å². The minimum Gasteiger partial charge on any atom is -0.391 e. The molecule has 2 bridgehead atoms. The number of aliphatic hydroxyl groups is 1. The molecule has 10 heavy (non-hydrogen) atoms. The fourth-order valence-electron chi connectivity index (χ4n) is 3.26. The summed E-state index contributed by atoms with van der Waals surface area (Å²) in [5, 5.41) is 13.1. The summed E-state index contributed by atoms with van der Waals surface area (Å²) in [7, 11) is 0. The molecule has 3 aliphatic rings. The number of hydrogen-bond acceptors (Lipinski definition) is 2. The molecule has 1 aliphatic heterocycles. The van der Waals surface area contributed by atoms with Crippen molar-refractivity contribution in [2.45, 2.75) is 25.0 Å². The van der Waals surface area contributed by atoms with Gasteiger partial charge >= 0.3 is 0 Å². The highest BCUT2D eigenvalue weighted by Crippen LogP contribution is 2.51. The maximum atomic E-state index is 9.64. The van der Waals surface area contributed by atoms with E-state index >= 15 is 0 Å². The summed E-state index contributed by atoms with van der Waals surface area (Å²) < 4.78 is 0. The van der Waals surface area contributed by atoms with Gasteiger partial charge in [-0.05, 0) is 37.1 Å². The van der Waals surface area contributed by atoms with Crippen LogP contribution in [0.1, 0.15) is 12.8 Å². The van der Waals surface area contributed by atoms with E-state index < -0.39 is 0 Å². The Morgan fingerprint density at radius 1 is 1.20 bits per heavy atom. The van der Waals surface area contributed by atoms with Gasteiger partial charge in [-0.2, -0.15) is 0 Å². The first-order valence-electron chi connectivity index (χ1n) is 4.28. The molecule has 3 rings (SSSR count). The van der Waals surface area contributed by atoms with Gasteiger partial charge < -0.3 is 10.4 Å². The summed E-state index contributed by atoms with van der Waals surface area (Å²) in [5.41, 5.74) is 0. The van der Waals surface area contributed by atoms with Crippen LogP contribution in [0.4, 0.5) is 0 Å². The fraction of sp³-hybridized carbons (Fsp3) is 1.00. The second-order valence-corrected chi connectivity index (χ2v) is 4.08. The average Bonchev–Trinajstić information content (AvgIpc) is 2.43. The first-order chi connectivity index (χ1) is 4.86. The van der Waals surface area contributed by atoms with Gasteiger partial charge in [-0.15, -0.1) is 0 Å². The SMILES string of the molecule is O[C@H]1[C@@H]2C[C@@H]3CN[C@@H]1[C@@H]3C2. The van der Waals surface area contributed by atoms with Crippen molar-refractivity contribution >= 4 is 0 Å². The van der Waals surface area contributed by atoms with Crippen LogP contribution < -0.4 is 5.32 Å². The molecule has 0 unspecified atom stereocenters. The molecule has 2 aliphatic carbocycles. The standard InChI is InChI=1S/C8H13NO/c10-8-4-1-5-3-9-7(8)6(5)2-4/h4-10H,1-3H2/t4-,5-,6-,7-,8+/m1/s1. The van der Waals surface area contributed by atoms with E-state index in [0.29, 0.717) is 12.0 Å². The number of rotatable bonds is 0. The number of fused-ring (bicyclic) bond motifs is 1. The molecule has 5 atom stereocenters. The Hall–Kier alpha value is -0.0800. The smallest absolute Gasteiger partial charge is 0.0724 e. The van der Waals surface area contributed by atoms with Gasteiger partial charge in [0.25, 0.3) is 0 Å². The van der Waals surface area contributed by atoms with E-state index in [4.69, 9.17) is 0 Å². The van der Waals surface area contributed by atoms with E-state index in [-0.39, 0.29) is 6.10 Å². The second kappa shape index (κ2) is 1.56. The quantitative estimate of drug-likeness (QED) is 0.494. The van der Waals surface area contributed by atoms with Gasteiger partial charge in [0.2, 0.25) is 0 Å². The van der Waals surface area contributed by atoms with Crippen LogP contribution in [0.3, 0.4) is 0 Å². The van der Waals surface area contributed by atoms with Gasteiger partial charge in [0.15, 0.2) is 0 Å². The molecule has 2 N–H and O–H groups in total. The van der Waals surface area contributed by atoms with Gasteiger partial charge in [-0.1, -0.05) is 0 Å². The third-order valence-electron chi connectivity index (χ3n) is 3.71. The number of hydrogen-bond donors (Lipinski definition) is 2. The molecule has 2 heteroatoms. The summed E-state index contributed by atoms with van der Waals surface area (Å²) in [6, 6.07) is 0.476. The van der Waals surface area contributed by atoms with Gasteiger partial charge in [0, 0.05) is 6.04 Å². The zero-order chi connectivity index (χ0) is 6.72. The summed E-state index contributed by atoms with van der Waals surface area (Å²) in [6.45, 7) is 1.17. The highest BCUT2D eigenvalue weighted by atomic mass is 16.3. The Labute approximate surface area is 60.6 Å². The van der Waals surface area contributed by atoms with Gasteiger partial charge in [0.05, 0.1) is 6.10 Å². The summed E-state index contributed by atoms with van der Waals surface area (Å²) in [6.07, 6.45) is 2.57. The van der Waals surface area contributed by atoms with Crippen LogP contribution in [0.15, 0.2) is 0 Å². The van der Waals surface area contributed by atoms with E-state index in [9.17, 15) is 5.11 Å². The predicted octanol–water partition coefficient (Wildman–Crippen LogP) is -0.0249. The van der Waals surface area contributed by atoms with Gasteiger partial charge in [-0.3, -0.25) is 0 Å². The van der Waals surface area contributed by atoms with Crippen LogP contribution >= 0.6 is 0 Å². The maximum Gasteiger partial charge on any atom is 0.0724 e. The Morgan fingerprint density at radius 2 is 2.10 bits per heavy atom. The van der Waals surface area contributed by atoms with Crippen molar-refractivity contribution in [2.75, 3.05) is 6.54 Å². The molecule has 0 aromatic heterocycles. The molecular formula is C8H13NO. The zero-order valence-electron chi connectivity index (χ0n) is 5.96. The van der Waals surface area contributed by atoms with Crippen molar-refractivity contribution in [2.24, 2.45) is 17.8 Å². The van der Waals surface area contributed by atoms with Crippen molar-refractivity contribution in [1.82, 2.24) is 5.32 Å². The van der Waals surface area contributed by atoms with Gasteiger partial charge in [0.1, 0.15) is 0 Å². The molecule has 0 aromatic rings. The maximum absolute atomic E-state index is 9.64. The van der Waals surface area contributed by atoms with E-state index in [1.807, 2.05) is 0 Å². The van der Waals surface area contributed by atoms with Crippen LogP contribution in [-0.2, 0) is 0 Å². The zero-order valence-corrected chi connectivity index (χ0v) is 5.96. The van der Waals surface area contributed by atoms with Crippen LogP contribution in [0.5, 0.6) is 0 Å². The van der Waals surface area contributed by atoms with Crippen molar-refractivity contribution < 1.29 is 5.11 Å². The average molecular weight is 139 g/mol. The predicted molar refractivity (Wildman–Crippen MR) is 37.5 cm³/mol. The molecule has 3 fully saturated rings. The molecule has 56 valence electrons. The van der Waals surface area contributed by atoms with E-state index in [1.165, 1.54) is 19.4 Å². The number of aliphatic hydroxyl groups excluding tert-OH is 1. The normalized spacial score (nSPS) is 63.9. The molecular weight excluding hydrogens is 126 g/mol. The molecule has 1 saturated heterocycles. The first kappa shape index (κ1) is 5.56. The lowest BCUT2D eigenvalue weighted by atomic mass is 9.88. The lowest BCUT2D eigenvalue weighted by Crippen LogP contribution is -2.37. The van der Waals surface area contributed by atoms with Crippen molar-refractivity contribution in [3.8, 4) is 0 Å². The molecule has 1 heterocycles. The van der Waals surface area contributed by atoms with E-state index in [1.54, 1.807) is 0 Å². The molecule has 0 spiro atoms. The lowest BCUT2D eigenvalue weighted by molar-refractivity contribution is 0.0909. The van der Waals surface area contributed by atoms with Crippen molar-refractivity contribution in [1.29, 1.82) is 0 Å². The van der Waals surface area contributed by atoms with Gasteiger partial charge in [-0.25, -0.2) is 0 Å². The second-order valence-electron chi connectivity index (χ2n) is 4.08. The summed E-state index contributed by atoms with van der Waals surface area (Å²) >= 11 is 0. The Balaban J connectivity index is 2.00. The molecule has 0 radical (unpaired) electrons. The summed E-state index contributed by atoms with van der Waals surface area (Å²) in [5.74, 6) is 2.40. The largest absolute Gasteiger partial charge is 0.391 e. The minimum atomic E-state index is -0.0104. The highest BCUT2D eigenvalue weighted by Gasteiger charge is 2.55. The monoisotopic (exact) mass is 139 g/mol. The van der Waals surface area contributed by atoms with Crippen LogP contribution in [-0.4, -0.2) is 23.8 Å². The highest BCUT2D eigenvalue weighted by molar-refractivity contribution is 5.09. The lowest BCUT2D eigenvalue weighted by Gasteiger charge is -2.22. The van der Waals surface area contributed by atoms with E-state index in [0.717, 1.165) is 11.8 Å². The Kier molecular flexibility index (Phi) is 0.868. The molecule has 0 aromatic carbocycles.